The summed E-state index contributed by atoms with van der Waals surface area (Å²) in [5.41, 5.74) is 0. The Morgan fingerprint density at radius 1 is 0.426 bits per heavy atom. The Kier molecular flexibility index (Phi) is 44.3. The van der Waals surface area contributed by atoms with Crippen LogP contribution in [0.5, 0.6) is 0 Å². The number of amides is 1. The van der Waals surface area contributed by atoms with E-state index in [1.165, 1.54) is 173 Å². The fourth-order valence-electron chi connectivity index (χ4n) is 7.09. The molecule has 3 N–H and O–H groups in total. The third-order valence-electron chi connectivity index (χ3n) is 10.8. The number of aliphatic hydroxyl groups is 2. The largest absolute Gasteiger partial charge is 0.394 e. The molecule has 0 aliphatic rings. The molecule has 4 heteroatoms. The quantitative estimate of drug-likeness (QED) is 0.0429. The SMILES string of the molecule is CCCCC/C=C\CCCCCCCC(=O)NC(CO)C(O)/C=C/CC/C=C/CC/C=C/CCCCCCCCCCCCCCCCCCCCCC. The van der Waals surface area contributed by atoms with E-state index in [0.29, 0.717) is 6.42 Å². The van der Waals surface area contributed by atoms with Crippen LogP contribution in [0.4, 0.5) is 0 Å². The van der Waals surface area contributed by atoms with Crippen LogP contribution >= 0.6 is 0 Å². The van der Waals surface area contributed by atoms with Crippen LogP contribution in [0.3, 0.4) is 0 Å². The van der Waals surface area contributed by atoms with Crippen molar-refractivity contribution in [2.75, 3.05) is 6.61 Å². The molecular weight excluding hydrogens is 663 g/mol. The van der Waals surface area contributed by atoms with E-state index in [1.54, 1.807) is 6.08 Å². The number of hydrogen-bond acceptors (Lipinski definition) is 3. The van der Waals surface area contributed by atoms with Crippen LogP contribution in [0, 0.1) is 0 Å². The zero-order chi connectivity index (χ0) is 39.3. The van der Waals surface area contributed by atoms with Gasteiger partial charge < -0.3 is 15.5 Å². The van der Waals surface area contributed by atoms with E-state index in [2.05, 4.69) is 55.6 Å². The van der Waals surface area contributed by atoms with Crippen LogP contribution in [-0.2, 0) is 4.79 Å². The van der Waals surface area contributed by atoms with E-state index in [4.69, 9.17) is 0 Å². The van der Waals surface area contributed by atoms with Crippen molar-refractivity contribution in [2.24, 2.45) is 0 Å². The number of rotatable bonds is 43. The van der Waals surface area contributed by atoms with Crippen LogP contribution in [0.1, 0.15) is 245 Å². The third-order valence-corrected chi connectivity index (χ3v) is 10.8. The molecule has 0 aromatic rings. The number of carbonyl (C=O) groups is 1. The summed E-state index contributed by atoms with van der Waals surface area (Å²) in [5, 5.41) is 23.0. The first kappa shape index (κ1) is 52.3. The van der Waals surface area contributed by atoms with Crippen molar-refractivity contribution in [3.63, 3.8) is 0 Å². The van der Waals surface area contributed by atoms with E-state index in [0.717, 1.165) is 51.4 Å². The molecule has 0 aromatic carbocycles. The molecule has 0 spiro atoms. The number of aliphatic hydroxyl groups excluding tert-OH is 2. The summed E-state index contributed by atoms with van der Waals surface area (Å²) in [6, 6.07) is -0.649. The molecule has 2 atom stereocenters. The molecule has 4 nitrogen and oxygen atoms in total. The molecule has 0 radical (unpaired) electrons. The highest BCUT2D eigenvalue weighted by Crippen LogP contribution is 2.15. The molecule has 0 saturated carbocycles. The molecular formula is C50H93NO3. The van der Waals surface area contributed by atoms with Crippen LogP contribution in [-0.4, -0.2) is 34.9 Å². The van der Waals surface area contributed by atoms with Gasteiger partial charge in [-0.2, -0.15) is 0 Å². The van der Waals surface area contributed by atoms with E-state index in [-0.39, 0.29) is 12.5 Å². The van der Waals surface area contributed by atoms with Crippen LogP contribution in [0.2, 0.25) is 0 Å². The summed E-state index contributed by atoms with van der Waals surface area (Å²) >= 11 is 0. The Labute approximate surface area is 337 Å². The highest BCUT2D eigenvalue weighted by Gasteiger charge is 2.17. The zero-order valence-corrected chi connectivity index (χ0v) is 36.2. The Morgan fingerprint density at radius 3 is 1.11 bits per heavy atom. The average Bonchev–Trinajstić information content (AvgIpc) is 3.18. The zero-order valence-electron chi connectivity index (χ0n) is 36.2. The first-order valence-electron chi connectivity index (χ1n) is 23.9. The molecule has 0 aromatic heterocycles. The predicted molar refractivity (Wildman–Crippen MR) is 239 cm³/mol. The van der Waals surface area contributed by atoms with E-state index >= 15 is 0 Å². The van der Waals surface area contributed by atoms with Gasteiger partial charge in [-0.1, -0.05) is 217 Å². The summed E-state index contributed by atoms with van der Waals surface area (Å²) in [4.78, 5) is 12.3. The molecule has 54 heavy (non-hydrogen) atoms. The van der Waals surface area contributed by atoms with Crippen molar-refractivity contribution < 1.29 is 15.0 Å². The lowest BCUT2D eigenvalue weighted by molar-refractivity contribution is -0.123. The van der Waals surface area contributed by atoms with Gasteiger partial charge in [0.25, 0.3) is 0 Å². The van der Waals surface area contributed by atoms with Crippen LogP contribution in [0.25, 0.3) is 0 Å². The molecule has 316 valence electrons. The van der Waals surface area contributed by atoms with Crippen molar-refractivity contribution in [3.8, 4) is 0 Å². The first-order chi connectivity index (χ1) is 26.7. The fourth-order valence-corrected chi connectivity index (χ4v) is 7.09. The van der Waals surface area contributed by atoms with E-state index in [9.17, 15) is 15.0 Å². The van der Waals surface area contributed by atoms with Gasteiger partial charge in [-0.15, -0.1) is 0 Å². The van der Waals surface area contributed by atoms with Gasteiger partial charge in [-0.05, 0) is 70.6 Å². The monoisotopic (exact) mass is 756 g/mol. The maximum atomic E-state index is 12.3. The number of unbranched alkanes of at least 4 members (excludes halogenated alkanes) is 30. The van der Waals surface area contributed by atoms with Crippen LogP contribution in [0.15, 0.2) is 48.6 Å². The maximum Gasteiger partial charge on any atom is 0.220 e. The molecule has 0 bridgehead atoms. The standard InChI is InChI=1S/C50H93NO3/c1-3-5-7-9-11-13-15-17-18-19-20-21-22-23-24-25-26-27-28-29-30-31-32-33-34-35-37-39-41-43-45-49(53)48(47-52)51-50(54)46-44-42-40-38-36-16-14-12-10-8-6-4-2/h12,14,31-32,35,37,43,45,48-49,52-53H,3-11,13,15-30,33-34,36,38-42,44,46-47H2,1-2H3,(H,51,54)/b14-12-,32-31+,37-35+,45-43+. The summed E-state index contributed by atoms with van der Waals surface area (Å²) < 4.78 is 0. The second-order valence-corrected chi connectivity index (χ2v) is 16.2. The van der Waals surface area contributed by atoms with Crippen molar-refractivity contribution in [2.45, 2.75) is 257 Å². The lowest BCUT2D eigenvalue weighted by Gasteiger charge is -2.19. The highest BCUT2D eigenvalue weighted by atomic mass is 16.3. The van der Waals surface area contributed by atoms with Crippen molar-refractivity contribution in [1.29, 1.82) is 0 Å². The summed E-state index contributed by atoms with van der Waals surface area (Å²) in [6.45, 7) is 4.27. The Hall–Kier alpha value is -1.65. The van der Waals surface area contributed by atoms with Crippen molar-refractivity contribution in [1.82, 2.24) is 5.32 Å². The van der Waals surface area contributed by atoms with Gasteiger partial charge >= 0.3 is 0 Å². The molecule has 0 heterocycles. The van der Waals surface area contributed by atoms with E-state index in [1.807, 2.05) is 6.08 Å². The normalized spacial score (nSPS) is 13.3. The van der Waals surface area contributed by atoms with Gasteiger partial charge in [-0.3, -0.25) is 4.79 Å². The Balaban J connectivity index is 3.56. The van der Waals surface area contributed by atoms with Gasteiger partial charge in [0, 0.05) is 6.42 Å². The molecule has 1 amide bonds. The minimum atomic E-state index is -0.873. The highest BCUT2D eigenvalue weighted by molar-refractivity contribution is 5.76. The summed E-state index contributed by atoms with van der Waals surface area (Å²) in [6.07, 6.45) is 62.5. The molecule has 0 saturated heterocycles. The summed E-state index contributed by atoms with van der Waals surface area (Å²) in [7, 11) is 0. The van der Waals surface area contributed by atoms with Gasteiger partial charge in [-0.25, -0.2) is 0 Å². The van der Waals surface area contributed by atoms with Gasteiger partial charge in [0.2, 0.25) is 5.91 Å². The average molecular weight is 756 g/mol. The lowest BCUT2D eigenvalue weighted by Crippen LogP contribution is -2.45. The number of allylic oxidation sites excluding steroid dienone is 7. The lowest BCUT2D eigenvalue weighted by atomic mass is 10.0. The molecule has 0 aliphatic heterocycles. The Bertz CT molecular complexity index is 862. The second kappa shape index (κ2) is 45.7. The van der Waals surface area contributed by atoms with Gasteiger partial charge in [0.1, 0.15) is 0 Å². The Morgan fingerprint density at radius 2 is 0.722 bits per heavy atom. The van der Waals surface area contributed by atoms with Crippen LogP contribution < -0.4 is 5.32 Å². The van der Waals surface area contributed by atoms with Gasteiger partial charge in [0.15, 0.2) is 0 Å². The van der Waals surface area contributed by atoms with Crippen molar-refractivity contribution >= 4 is 5.91 Å². The van der Waals surface area contributed by atoms with Gasteiger partial charge in [0.05, 0.1) is 18.8 Å². The second-order valence-electron chi connectivity index (χ2n) is 16.2. The number of hydrogen-bond donors (Lipinski definition) is 3. The molecule has 2 unspecified atom stereocenters. The minimum absolute atomic E-state index is 0.0887. The predicted octanol–water partition coefficient (Wildman–Crippen LogP) is 15.1. The van der Waals surface area contributed by atoms with E-state index < -0.39 is 12.1 Å². The topological polar surface area (TPSA) is 69.6 Å². The minimum Gasteiger partial charge on any atom is -0.394 e. The fraction of sp³-hybridized carbons (Fsp3) is 0.820. The molecule has 0 fully saturated rings. The maximum absolute atomic E-state index is 12.3. The third kappa shape index (κ3) is 41.5. The number of nitrogens with one attached hydrogen (secondary N) is 1. The summed E-state index contributed by atoms with van der Waals surface area (Å²) in [5.74, 6) is -0.0887. The molecule has 0 rings (SSSR count). The molecule has 0 aliphatic carbocycles. The smallest absolute Gasteiger partial charge is 0.220 e. The van der Waals surface area contributed by atoms with Crippen molar-refractivity contribution in [3.05, 3.63) is 48.6 Å². The number of carbonyl (C=O) groups excluding carboxylic acids is 1. The first-order valence-corrected chi connectivity index (χ1v) is 23.9.